The number of amides is 2. The Hall–Kier alpha value is -1.18. The molecule has 0 aliphatic carbocycles. The van der Waals surface area contributed by atoms with Gasteiger partial charge in [0.1, 0.15) is 0 Å². The lowest BCUT2D eigenvalue weighted by Gasteiger charge is -2.17. The SMILES string of the molecule is O=C(Nc1ccc(Br)cc1Br)C1CC(=O)N(c2ccc(Br)cc2)C1. The van der Waals surface area contributed by atoms with Crippen LogP contribution in [0.5, 0.6) is 0 Å². The van der Waals surface area contributed by atoms with Crippen molar-refractivity contribution in [3.63, 3.8) is 0 Å². The van der Waals surface area contributed by atoms with Gasteiger partial charge in [-0.3, -0.25) is 9.59 Å². The van der Waals surface area contributed by atoms with Crippen molar-refractivity contribution in [2.75, 3.05) is 16.8 Å². The largest absolute Gasteiger partial charge is 0.325 e. The second kappa shape index (κ2) is 7.37. The number of rotatable bonds is 3. The molecule has 1 heterocycles. The minimum absolute atomic E-state index is 0.0349. The van der Waals surface area contributed by atoms with Gasteiger partial charge in [-0.2, -0.15) is 0 Å². The molecule has 2 aromatic carbocycles. The Labute approximate surface area is 165 Å². The van der Waals surface area contributed by atoms with Crippen molar-refractivity contribution in [2.24, 2.45) is 5.92 Å². The molecule has 3 rings (SSSR count). The van der Waals surface area contributed by atoms with E-state index in [-0.39, 0.29) is 24.2 Å². The fourth-order valence-electron chi connectivity index (χ4n) is 2.58. The summed E-state index contributed by atoms with van der Waals surface area (Å²) in [5.41, 5.74) is 1.50. The van der Waals surface area contributed by atoms with E-state index in [1.54, 1.807) is 4.90 Å². The highest BCUT2D eigenvalue weighted by molar-refractivity contribution is 9.11. The maximum Gasteiger partial charge on any atom is 0.229 e. The normalized spacial score (nSPS) is 17.2. The molecule has 1 unspecified atom stereocenters. The van der Waals surface area contributed by atoms with E-state index >= 15 is 0 Å². The van der Waals surface area contributed by atoms with Crippen molar-refractivity contribution >= 4 is 71.0 Å². The molecule has 2 aromatic rings. The molecule has 1 saturated heterocycles. The lowest BCUT2D eigenvalue weighted by Crippen LogP contribution is -2.28. The van der Waals surface area contributed by atoms with Crippen LogP contribution in [0.4, 0.5) is 11.4 Å². The number of benzene rings is 2. The van der Waals surface area contributed by atoms with Gasteiger partial charge in [0.2, 0.25) is 11.8 Å². The number of hydrogen-bond donors (Lipinski definition) is 1. The second-order valence-corrected chi connectivity index (χ2v) is 8.18. The van der Waals surface area contributed by atoms with Gasteiger partial charge < -0.3 is 10.2 Å². The molecule has 7 heteroatoms. The molecule has 1 aliphatic heterocycles. The van der Waals surface area contributed by atoms with Gasteiger partial charge in [0, 0.05) is 32.1 Å². The van der Waals surface area contributed by atoms with Gasteiger partial charge in [-0.05, 0) is 58.4 Å². The Morgan fingerprint density at radius 1 is 1.04 bits per heavy atom. The van der Waals surface area contributed by atoms with E-state index < -0.39 is 0 Å². The highest BCUT2D eigenvalue weighted by Gasteiger charge is 2.35. The molecule has 124 valence electrons. The molecule has 0 bridgehead atoms. The van der Waals surface area contributed by atoms with E-state index in [0.717, 1.165) is 19.1 Å². The molecular weight excluding hydrogens is 504 g/mol. The van der Waals surface area contributed by atoms with E-state index in [1.165, 1.54) is 0 Å². The predicted octanol–water partition coefficient (Wildman–Crippen LogP) is 4.97. The highest BCUT2D eigenvalue weighted by Crippen LogP contribution is 2.29. The monoisotopic (exact) mass is 514 g/mol. The number of nitrogens with one attached hydrogen (secondary N) is 1. The summed E-state index contributed by atoms with van der Waals surface area (Å²) in [5.74, 6) is -0.546. The molecule has 2 amide bonds. The third-order valence-electron chi connectivity index (χ3n) is 3.82. The molecule has 1 atom stereocenters. The first-order valence-electron chi connectivity index (χ1n) is 7.26. The molecule has 1 aliphatic rings. The Morgan fingerprint density at radius 3 is 2.38 bits per heavy atom. The topological polar surface area (TPSA) is 49.4 Å². The van der Waals surface area contributed by atoms with Gasteiger partial charge in [0.05, 0.1) is 11.6 Å². The average molecular weight is 517 g/mol. The van der Waals surface area contributed by atoms with Crippen LogP contribution < -0.4 is 10.2 Å². The lowest BCUT2D eigenvalue weighted by molar-refractivity contribution is -0.122. The Bertz CT molecular complexity index is 793. The van der Waals surface area contributed by atoms with Gasteiger partial charge in [0.15, 0.2) is 0 Å². The third kappa shape index (κ3) is 3.90. The molecule has 0 spiro atoms. The second-order valence-electron chi connectivity index (χ2n) is 5.50. The van der Waals surface area contributed by atoms with Crippen molar-refractivity contribution in [3.8, 4) is 0 Å². The van der Waals surface area contributed by atoms with Gasteiger partial charge in [-0.1, -0.05) is 31.9 Å². The molecule has 1 fully saturated rings. The van der Waals surface area contributed by atoms with Gasteiger partial charge in [-0.15, -0.1) is 0 Å². The van der Waals surface area contributed by atoms with E-state index in [2.05, 4.69) is 53.1 Å². The number of carbonyl (C=O) groups is 2. The van der Waals surface area contributed by atoms with E-state index in [9.17, 15) is 9.59 Å². The molecule has 24 heavy (non-hydrogen) atoms. The molecule has 0 aromatic heterocycles. The quantitative estimate of drug-likeness (QED) is 0.626. The number of carbonyl (C=O) groups excluding carboxylic acids is 2. The van der Waals surface area contributed by atoms with Crippen LogP contribution in [0, 0.1) is 5.92 Å². The van der Waals surface area contributed by atoms with Crippen molar-refractivity contribution < 1.29 is 9.59 Å². The Balaban J connectivity index is 1.70. The summed E-state index contributed by atoms with van der Waals surface area (Å²) in [4.78, 5) is 26.4. The van der Waals surface area contributed by atoms with Crippen molar-refractivity contribution in [3.05, 3.63) is 55.9 Å². The van der Waals surface area contributed by atoms with Crippen LogP contribution in [0.15, 0.2) is 55.9 Å². The standard InChI is InChI=1S/C17H13Br3N2O2/c18-11-1-4-13(5-2-11)22-9-10(7-16(22)23)17(24)21-15-6-3-12(19)8-14(15)20/h1-6,8,10H,7,9H2,(H,21,24). The smallest absolute Gasteiger partial charge is 0.229 e. The first-order chi connectivity index (χ1) is 11.4. The molecule has 0 saturated carbocycles. The maximum absolute atomic E-state index is 12.5. The van der Waals surface area contributed by atoms with Gasteiger partial charge in [0.25, 0.3) is 0 Å². The van der Waals surface area contributed by atoms with Gasteiger partial charge in [-0.25, -0.2) is 0 Å². The first kappa shape index (κ1) is 17.6. The first-order valence-corrected chi connectivity index (χ1v) is 9.64. The summed E-state index contributed by atoms with van der Waals surface area (Å²) in [6, 6.07) is 13.0. The number of nitrogens with zero attached hydrogens (tertiary/aromatic N) is 1. The van der Waals surface area contributed by atoms with Crippen LogP contribution in [-0.4, -0.2) is 18.4 Å². The predicted molar refractivity (Wildman–Crippen MR) is 105 cm³/mol. The molecule has 0 radical (unpaired) electrons. The van der Waals surface area contributed by atoms with E-state index in [0.29, 0.717) is 12.2 Å². The number of hydrogen-bond acceptors (Lipinski definition) is 2. The lowest BCUT2D eigenvalue weighted by atomic mass is 10.1. The number of anilines is 2. The van der Waals surface area contributed by atoms with Crippen LogP contribution in [0.2, 0.25) is 0 Å². The van der Waals surface area contributed by atoms with E-state index in [1.807, 2.05) is 42.5 Å². The molecule has 4 nitrogen and oxygen atoms in total. The summed E-state index contributed by atoms with van der Waals surface area (Å²) < 4.78 is 2.66. The zero-order valence-electron chi connectivity index (χ0n) is 12.4. The molecular formula is C17H13Br3N2O2. The summed E-state index contributed by atoms with van der Waals surface area (Å²) in [5, 5.41) is 2.89. The average Bonchev–Trinajstić information content (AvgIpc) is 2.93. The van der Waals surface area contributed by atoms with E-state index in [4.69, 9.17) is 0 Å². The van der Waals surface area contributed by atoms with Crippen LogP contribution in [0.1, 0.15) is 6.42 Å². The Morgan fingerprint density at radius 2 is 1.71 bits per heavy atom. The molecule has 1 N–H and O–H groups in total. The van der Waals surface area contributed by atoms with Crippen molar-refractivity contribution in [1.82, 2.24) is 0 Å². The summed E-state index contributed by atoms with van der Waals surface area (Å²) >= 11 is 10.2. The summed E-state index contributed by atoms with van der Waals surface area (Å²) in [7, 11) is 0. The fraction of sp³-hybridized carbons (Fsp3) is 0.176. The Kier molecular flexibility index (Phi) is 5.42. The third-order valence-corrected chi connectivity index (χ3v) is 5.50. The van der Waals surface area contributed by atoms with Gasteiger partial charge >= 0.3 is 0 Å². The number of halogens is 3. The maximum atomic E-state index is 12.5. The zero-order valence-corrected chi connectivity index (χ0v) is 17.2. The van der Waals surface area contributed by atoms with Crippen LogP contribution in [-0.2, 0) is 9.59 Å². The summed E-state index contributed by atoms with van der Waals surface area (Å²) in [6.07, 6.45) is 0.218. The van der Waals surface area contributed by atoms with Crippen LogP contribution in [0.25, 0.3) is 0 Å². The van der Waals surface area contributed by atoms with Crippen LogP contribution in [0.3, 0.4) is 0 Å². The summed E-state index contributed by atoms with van der Waals surface area (Å²) in [6.45, 7) is 0.389. The fourth-order valence-corrected chi connectivity index (χ4v) is 3.99. The minimum atomic E-state index is -0.364. The van der Waals surface area contributed by atoms with Crippen molar-refractivity contribution in [1.29, 1.82) is 0 Å². The van der Waals surface area contributed by atoms with Crippen molar-refractivity contribution in [2.45, 2.75) is 6.42 Å². The minimum Gasteiger partial charge on any atom is -0.325 e. The van der Waals surface area contributed by atoms with Crippen LogP contribution >= 0.6 is 47.8 Å². The highest BCUT2D eigenvalue weighted by atomic mass is 79.9. The zero-order chi connectivity index (χ0) is 17.3.